The van der Waals surface area contributed by atoms with Crippen molar-refractivity contribution in [1.29, 1.82) is 0 Å². The van der Waals surface area contributed by atoms with Crippen LogP contribution in [0.1, 0.15) is 64.0 Å². The number of nitrogens with zero attached hydrogens (tertiary/aromatic N) is 5. The normalized spacial score (nSPS) is 15.9. The van der Waals surface area contributed by atoms with Gasteiger partial charge in [0.1, 0.15) is 11.4 Å². The number of sulfonamides is 2. The molecule has 0 spiro atoms. The number of amides is 2. The third-order valence-electron chi connectivity index (χ3n) is 12.5. The van der Waals surface area contributed by atoms with E-state index < -0.39 is 31.9 Å². The Kier molecular flexibility index (Phi) is 15.5. The third kappa shape index (κ3) is 10.5. The monoisotopic (exact) mass is 1060 g/mol. The number of hydrogen-bond acceptors (Lipinski definition) is 9. The van der Waals surface area contributed by atoms with Crippen molar-refractivity contribution >= 4 is 101 Å². The Bertz CT molecular complexity index is 3190. The molecule has 3 N–H and O–H groups in total. The summed E-state index contributed by atoms with van der Waals surface area (Å²) in [5, 5.41) is 9.70. The van der Waals surface area contributed by atoms with E-state index >= 15 is 8.42 Å². The number of hydrogen-bond donors (Lipinski definition) is 3. The number of nitrogens with one attached hydrogen (secondary N) is 3. The highest BCUT2D eigenvalue weighted by atomic mass is 35.5. The predicted molar refractivity (Wildman–Crippen MR) is 277 cm³/mol. The van der Waals surface area contributed by atoms with E-state index in [1.807, 2.05) is 38.3 Å². The van der Waals surface area contributed by atoms with Gasteiger partial charge >= 0.3 is 0 Å². The molecule has 8 rings (SSSR count). The number of carbonyl (C=O) groups is 2. The maximum absolute atomic E-state index is 15.2. The number of aromatic nitrogens is 2. The van der Waals surface area contributed by atoms with Crippen LogP contribution in [0, 0.1) is 6.92 Å². The van der Waals surface area contributed by atoms with E-state index in [0.29, 0.717) is 60.8 Å². The van der Waals surface area contributed by atoms with Crippen molar-refractivity contribution in [3.05, 3.63) is 163 Å². The van der Waals surface area contributed by atoms with Crippen LogP contribution >= 0.6 is 46.4 Å². The second-order valence-electron chi connectivity index (χ2n) is 17.1. The predicted octanol–water partition coefficient (Wildman–Crippen LogP) is 9.04. The fourth-order valence-electron chi connectivity index (χ4n) is 9.12. The fraction of sp³-hybridized carbons (Fsp3) is 0.280. The van der Waals surface area contributed by atoms with E-state index in [1.165, 1.54) is 20.9 Å². The molecule has 0 aliphatic carbocycles. The maximum Gasteiger partial charge on any atom is 0.264 e. The molecule has 2 amide bonds. The van der Waals surface area contributed by atoms with Gasteiger partial charge in [0.05, 0.1) is 83.8 Å². The number of benzene rings is 4. The molecule has 0 saturated heterocycles. The molecule has 0 saturated carbocycles. The van der Waals surface area contributed by atoms with Crippen LogP contribution in [0.3, 0.4) is 0 Å². The summed E-state index contributed by atoms with van der Waals surface area (Å²) in [6.45, 7) is 10.0. The minimum Gasteiger partial charge on any atom is -0.320 e. The van der Waals surface area contributed by atoms with Crippen LogP contribution in [0.15, 0.2) is 119 Å². The molecule has 6 aromatic rings. The van der Waals surface area contributed by atoms with Gasteiger partial charge in [-0.2, -0.15) is 4.57 Å². The maximum atomic E-state index is 15.2. The van der Waals surface area contributed by atoms with Gasteiger partial charge in [0.25, 0.3) is 31.9 Å². The van der Waals surface area contributed by atoms with Crippen molar-refractivity contribution in [2.75, 3.05) is 52.0 Å². The van der Waals surface area contributed by atoms with Crippen molar-refractivity contribution in [3.63, 3.8) is 0 Å². The summed E-state index contributed by atoms with van der Waals surface area (Å²) in [6.07, 6.45) is 4.05. The van der Waals surface area contributed by atoms with Gasteiger partial charge in [-0.25, -0.2) is 16.8 Å². The van der Waals surface area contributed by atoms with E-state index in [-0.39, 0.29) is 84.1 Å². The smallest absolute Gasteiger partial charge is 0.264 e. The molecule has 14 nitrogen and oxygen atoms in total. The standard InChI is InChI=1S/C50H50Cl4N8O6S2/c1-5-55-34-23-45-46(61(29-34)69(65,66)37-14-8-12-31(4)20-37)24-35(58-50(64)48-41(53)18-11-19-42(48)54)28-60(45)27-32-13-9-15-38(21-32)70(67,68)62-30-36(59(6-2)7-3)25-43-44(62)22-33(26-56-43)57-49(63)47-39(51)16-10-17-40(47)52/h8-22,24,26,28,34,36,55H,5-7,23,25,27,29-30H2,1-4H3,(H-,57,58,63,64)/p+1/t34?,36-/m0/s1. The molecular formula is C50H51Cl4N8O6S2+. The summed E-state index contributed by atoms with van der Waals surface area (Å²) in [5.41, 5.74) is 3.75. The Morgan fingerprint density at radius 3 is 1.83 bits per heavy atom. The lowest BCUT2D eigenvalue weighted by Gasteiger charge is -2.39. The topological polar surface area (TPSA) is 165 Å². The minimum absolute atomic E-state index is 0.00472. The first-order valence-corrected chi connectivity index (χ1v) is 27.1. The summed E-state index contributed by atoms with van der Waals surface area (Å²) in [7, 11) is -8.48. The number of aryl methyl sites for hydroxylation is 1. The summed E-state index contributed by atoms with van der Waals surface area (Å²) < 4.78 is 64.2. The zero-order valence-corrected chi connectivity index (χ0v) is 43.4. The van der Waals surface area contributed by atoms with E-state index in [4.69, 9.17) is 51.4 Å². The Balaban J connectivity index is 1.21. The minimum atomic E-state index is -4.32. The quantitative estimate of drug-likeness (QED) is 0.0852. The number of likely N-dealkylation sites (N-methyl/N-ethyl adjacent to an activating group) is 2. The highest BCUT2D eigenvalue weighted by Gasteiger charge is 2.40. The molecule has 1 unspecified atom stereocenters. The van der Waals surface area contributed by atoms with Gasteiger partial charge < -0.3 is 16.0 Å². The second-order valence-corrected chi connectivity index (χ2v) is 22.4. The van der Waals surface area contributed by atoms with Crippen LogP contribution in [0.5, 0.6) is 0 Å². The van der Waals surface area contributed by atoms with Gasteiger partial charge in [-0.15, -0.1) is 0 Å². The fourth-order valence-corrected chi connectivity index (χ4v) is 13.5. The molecule has 70 heavy (non-hydrogen) atoms. The lowest BCUT2D eigenvalue weighted by molar-refractivity contribution is -0.694. The Morgan fingerprint density at radius 2 is 1.24 bits per heavy atom. The summed E-state index contributed by atoms with van der Waals surface area (Å²) >= 11 is 25.6. The molecule has 0 fully saturated rings. The van der Waals surface area contributed by atoms with Crippen LogP contribution in [-0.4, -0.2) is 83.3 Å². The number of halogens is 4. The molecule has 4 aromatic carbocycles. The highest BCUT2D eigenvalue weighted by molar-refractivity contribution is 7.93. The van der Waals surface area contributed by atoms with Crippen molar-refractivity contribution in [2.24, 2.45) is 0 Å². The number of pyridine rings is 2. The van der Waals surface area contributed by atoms with Gasteiger partial charge in [-0.3, -0.25) is 28.1 Å². The number of rotatable bonds is 15. The molecule has 2 aliphatic heterocycles. The molecule has 0 radical (unpaired) electrons. The second kappa shape index (κ2) is 21.2. The van der Waals surface area contributed by atoms with Crippen molar-refractivity contribution in [3.8, 4) is 0 Å². The highest BCUT2D eigenvalue weighted by Crippen LogP contribution is 2.37. The Hall–Kier alpha value is -5.30. The average molecular weight is 1070 g/mol. The van der Waals surface area contributed by atoms with Gasteiger partial charge in [0.2, 0.25) is 5.69 Å². The molecule has 20 heteroatoms. The summed E-state index contributed by atoms with van der Waals surface area (Å²) in [4.78, 5) is 34.3. The van der Waals surface area contributed by atoms with Crippen molar-refractivity contribution < 1.29 is 31.0 Å². The Labute approximate surface area is 428 Å². The van der Waals surface area contributed by atoms with Crippen LogP contribution in [0.4, 0.5) is 22.7 Å². The van der Waals surface area contributed by atoms with Gasteiger partial charge in [0, 0.05) is 24.1 Å². The molecule has 0 bridgehead atoms. The first-order chi connectivity index (χ1) is 33.4. The van der Waals surface area contributed by atoms with Crippen LogP contribution in [0.25, 0.3) is 0 Å². The molecule has 4 heterocycles. The molecule has 366 valence electrons. The molecular weight excluding hydrogens is 1010 g/mol. The van der Waals surface area contributed by atoms with Gasteiger partial charge in [0.15, 0.2) is 12.7 Å². The van der Waals surface area contributed by atoms with E-state index in [9.17, 15) is 18.0 Å². The summed E-state index contributed by atoms with van der Waals surface area (Å²) in [6, 6.07) is 25.4. The van der Waals surface area contributed by atoms with Crippen molar-refractivity contribution in [1.82, 2.24) is 15.2 Å². The molecule has 2 aromatic heterocycles. The van der Waals surface area contributed by atoms with E-state index in [1.54, 1.807) is 91.1 Å². The molecule has 2 atom stereocenters. The van der Waals surface area contributed by atoms with Crippen LogP contribution in [-0.2, 0) is 39.4 Å². The lowest BCUT2D eigenvalue weighted by Crippen LogP contribution is -2.53. The Morgan fingerprint density at radius 1 is 0.700 bits per heavy atom. The SMILES string of the molecule is CCNC1Cc2c(cc(NC(=O)c3c(Cl)cccc3Cl)c[n+]2Cc2cccc(S(=O)(=O)N3C[C@@H](N(CC)CC)Cc4ncc(NC(=O)c5c(Cl)cccc5Cl)cc43)c2)N(S(=O)(=O)c2cccc(C)c2)C1. The first-order valence-electron chi connectivity index (χ1n) is 22.7. The van der Waals surface area contributed by atoms with E-state index in [0.717, 1.165) is 5.56 Å². The zero-order chi connectivity index (χ0) is 50.1. The lowest BCUT2D eigenvalue weighted by atomic mass is 10.0. The third-order valence-corrected chi connectivity index (χ3v) is 17.3. The van der Waals surface area contributed by atoms with Crippen LogP contribution in [0.2, 0.25) is 20.1 Å². The van der Waals surface area contributed by atoms with E-state index in [2.05, 4.69) is 20.9 Å². The number of fused-ring (bicyclic) bond motifs is 2. The van der Waals surface area contributed by atoms with Crippen LogP contribution < -0.4 is 29.1 Å². The van der Waals surface area contributed by atoms with Crippen molar-refractivity contribution in [2.45, 2.75) is 69.0 Å². The average Bonchev–Trinajstić information content (AvgIpc) is 3.32. The summed E-state index contributed by atoms with van der Waals surface area (Å²) in [5.74, 6) is -1.20. The zero-order valence-electron chi connectivity index (χ0n) is 38.7. The largest absolute Gasteiger partial charge is 0.320 e. The first kappa shape index (κ1) is 51.1. The van der Waals surface area contributed by atoms with Gasteiger partial charge in [-0.05, 0) is 92.8 Å². The van der Waals surface area contributed by atoms with Gasteiger partial charge in [-0.1, -0.05) is 104 Å². The molecule has 2 aliphatic rings. The number of carbonyl (C=O) groups excluding carboxylic acids is 2. The number of anilines is 4.